The van der Waals surface area contributed by atoms with Gasteiger partial charge in [0.1, 0.15) is 5.75 Å². The summed E-state index contributed by atoms with van der Waals surface area (Å²) >= 11 is 0. The molecule has 21 heavy (non-hydrogen) atoms. The van der Waals surface area contributed by atoms with Crippen molar-refractivity contribution in [3.63, 3.8) is 0 Å². The van der Waals surface area contributed by atoms with Gasteiger partial charge in [0.2, 0.25) is 0 Å². The molecule has 1 N–H and O–H groups in total. The van der Waals surface area contributed by atoms with Crippen molar-refractivity contribution in [2.24, 2.45) is 0 Å². The number of nitrogens with one attached hydrogen (secondary N) is 1. The summed E-state index contributed by atoms with van der Waals surface area (Å²) in [6.45, 7) is 4.53. The van der Waals surface area contributed by atoms with Crippen LogP contribution in [-0.2, 0) is 11.3 Å². The lowest BCUT2D eigenvalue weighted by Gasteiger charge is -2.13. The minimum atomic E-state index is 0.459. The second-order valence-electron chi connectivity index (χ2n) is 6.18. The van der Waals surface area contributed by atoms with Crippen molar-refractivity contribution < 1.29 is 9.47 Å². The van der Waals surface area contributed by atoms with Crippen molar-refractivity contribution in [1.82, 2.24) is 10.3 Å². The lowest BCUT2D eigenvalue weighted by molar-refractivity contribution is 0.0980. The van der Waals surface area contributed by atoms with Crippen molar-refractivity contribution >= 4 is 0 Å². The van der Waals surface area contributed by atoms with E-state index in [2.05, 4.69) is 16.4 Å². The summed E-state index contributed by atoms with van der Waals surface area (Å²) in [6, 6.07) is 4.77. The zero-order valence-electron chi connectivity index (χ0n) is 12.9. The van der Waals surface area contributed by atoms with Gasteiger partial charge in [-0.05, 0) is 57.6 Å². The summed E-state index contributed by atoms with van der Waals surface area (Å²) in [6.07, 6.45) is 7.63. The molecule has 4 nitrogen and oxygen atoms in total. The van der Waals surface area contributed by atoms with Crippen LogP contribution in [-0.4, -0.2) is 30.3 Å². The highest BCUT2D eigenvalue weighted by Gasteiger charge is 2.21. The summed E-state index contributed by atoms with van der Waals surface area (Å²) < 4.78 is 11.6. The van der Waals surface area contributed by atoms with Crippen LogP contribution in [0, 0.1) is 6.92 Å². The molecular weight excluding hydrogens is 264 g/mol. The van der Waals surface area contributed by atoms with Crippen molar-refractivity contribution in [1.29, 1.82) is 0 Å². The molecule has 2 aliphatic rings. The first-order chi connectivity index (χ1) is 10.3. The summed E-state index contributed by atoms with van der Waals surface area (Å²) in [5.74, 6) is 0.932. The van der Waals surface area contributed by atoms with E-state index in [1.807, 2.05) is 13.0 Å². The highest BCUT2D eigenvalue weighted by atomic mass is 16.5. The van der Waals surface area contributed by atoms with Crippen LogP contribution < -0.4 is 10.1 Å². The lowest BCUT2D eigenvalue weighted by Crippen LogP contribution is -2.17. The fourth-order valence-electron chi connectivity index (χ4n) is 2.75. The molecule has 1 aliphatic heterocycles. The molecule has 4 heteroatoms. The largest absolute Gasteiger partial charge is 0.492 e. The number of ether oxygens (including phenoxy) is 2. The highest BCUT2D eigenvalue weighted by molar-refractivity contribution is 5.29. The van der Waals surface area contributed by atoms with Crippen LogP contribution >= 0.6 is 0 Å². The van der Waals surface area contributed by atoms with Gasteiger partial charge in [-0.25, -0.2) is 0 Å². The van der Waals surface area contributed by atoms with E-state index >= 15 is 0 Å². The molecule has 1 saturated heterocycles. The Bertz CT molecular complexity index is 454. The molecule has 1 aliphatic carbocycles. The van der Waals surface area contributed by atoms with Gasteiger partial charge in [-0.2, -0.15) is 0 Å². The van der Waals surface area contributed by atoms with E-state index in [1.54, 1.807) is 0 Å². The minimum Gasteiger partial charge on any atom is -0.492 e. The Labute approximate surface area is 127 Å². The van der Waals surface area contributed by atoms with Gasteiger partial charge in [0, 0.05) is 24.9 Å². The molecule has 0 spiro atoms. The molecule has 2 heterocycles. The molecule has 116 valence electrons. The fraction of sp³-hybridized carbons (Fsp3) is 0.706. The van der Waals surface area contributed by atoms with Gasteiger partial charge in [-0.15, -0.1) is 0 Å². The molecule has 3 rings (SSSR count). The Kier molecular flexibility index (Phi) is 5.09. The van der Waals surface area contributed by atoms with Gasteiger partial charge in [0.05, 0.1) is 18.4 Å². The van der Waals surface area contributed by atoms with Gasteiger partial charge in [-0.1, -0.05) is 0 Å². The molecule has 0 amide bonds. The third-order valence-corrected chi connectivity index (χ3v) is 4.16. The van der Waals surface area contributed by atoms with E-state index in [4.69, 9.17) is 9.47 Å². The summed E-state index contributed by atoms with van der Waals surface area (Å²) in [5, 5.41) is 3.51. The molecule has 0 radical (unpaired) electrons. The molecule has 2 fully saturated rings. The molecule has 1 aromatic rings. The summed E-state index contributed by atoms with van der Waals surface area (Å²) in [5.41, 5.74) is 2.09. The maximum atomic E-state index is 5.95. The van der Waals surface area contributed by atoms with Gasteiger partial charge in [0.15, 0.2) is 0 Å². The average molecular weight is 290 g/mol. The average Bonchev–Trinajstić information content (AvgIpc) is 3.17. The second kappa shape index (κ2) is 7.23. The summed E-state index contributed by atoms with van der Waals surface area (Å²) in [4.78, 5) is 4.62. The standard InChI is InChI=1S/C17H26N2O2/c1-13-6-9-17(16(19-13)12-18-14-7-8-14)21-11-3-5-15-4-2-10-20-15/h6,9,14-15,18H,2-5,7-8,10-12H2,1H3. The Morgan fingerprint density at radius 2 is 2.24 bits per heavy atom. The number of aryl methyl sites for hydroxylation is 1. The van der Waals surface area contributed by atoms with Crippen LogP contribution in [0.25, 0.3) is 0 Å². The molecule has 1 aromatic heterocycles. The number of aromatic nitrogens is 1. The maximum Gasteiger partial charge on any atom is 0.142 e. The first-order valence-corrected chi connectivity index (χ1v) is 8.25. The first-order valence-electron chi connectivity index (χ1n) is 8.25. The SMILES string of the molecule is Cc1ccc(OCCCC2CCCO2)c(CNC2CC2)n1. The number of hydrogen-bond acceptors (Lipinski definition) is 4. The summed E-state index contributed by atoms with van der Waals surface area (Å²) in [7, 11) is 0. The van der Waals surface area contributed by atoms with Gasteiger partial charge >= 0.3 is 0 Å². The second-order valence-corrected chi connectivity index (χ2v) is 6.18. The molecule has 1 saturated carbocycles. The predicted molar refractivity (Wildman–Crippen MR) is 82.5 cm³/mol. The van der Waals surface area contributed by atoms with Gasteiger partial charge < -0.3 is 14.8 Å². The van der Waals surface area contributed by atoms with Crippen LogP contribution in [0.2, 0.25) is 0 Å². The van der Waals surface area contributed by atoms with E-state index in [0.29, 0.717) is 12.1 Å². The topological polar surface area (TPSA) is 43.4 Å². The van der Waals surface area contributed by atoms with E-state index in [0.717, 1.165) is 49.7 Å². The maximum absolute atomic E-state index is 5.95. The zero-order valence-corrected chi connectivity index (χ0v) is 12.9. The number of hydrogen-bond donors (Lipinski definition) is 1. The van der Waals surface area contributed by atoms with Crippen LogP contribution in [0.5, 0.6) is 5.75 Å². The van der Waals surface area contributed by atoms with Crippen LogP contribution in [0.15, 0.2) is 12.1 Å². The van der Waals surface area contributed by atoms with E-state index in [9.17, 15) is 0 Å². The minimum absolute atomic E-state index is 0.459. The van der Waals surface area contributed by atoms with Crippen LogP contribution in [0.3, 0.4) is 0 Å². The number of pyridine rings is 1. The van der Waals surface area contributed by atoms with Gasteiger partial charge in [-0.3, -0.25) is 4.98 Å². The molecule has 0 aromatic carbocycles. The Hall–Kier alpha value is -1.13. The Morgan fingerprint density at radius 3 is 3.00 bits per heavy atom. The third-order valence-electron chi connectivity index (χ3n) is 4.16. The smallest absolute Gasteiger partial charge is 0.142 e. The Balaban J connectivity index is 1.46. The third kappa shape index (κ3) is 4.68. The Morgan fingerprint density at radius 1 is 1.33 bits per heavy atom. The van der Waals surface area contributed by atoms with E-state index in [1.165, 1.54) is 25.7 Å². The highest BCUT2D eigenvalue weighted by Crippen LogP contribution is 2.22. The van der Waals surface area contributed by atoms with E-state index in [-0.39, 0.29) is 0 Å². The normalized spacial score (nSPS) is 21.7. The van der Waals surface area contributed by atoms with Crippen LogP contribution in [0.1, 0.15) is 49.9 Å². The van der Waals surface area contributed by atoms with Crippen molar-refractivity contribution in [3.8, 4) is 5.75 Å². The first kappa shape index (κ1) is 14.8. The molecule has 1 atom stereocenters. The number of rotatable bonds is 8. The van der Waals surface area contributed by atoms with Crippen molar-refractivity contribution in [3.05, 3.63) is 23.5 Å². The van der Waals surface area contributed by atoms with Crippen LogP contribution in [0.4, 0.5) is 0 Å². The zero-order chi connectivity index (χ0) is 14.5. The van der Waals surface area contributed by atoms with Gasteiger partial charge in [0.25, 0.3) is 0 Å². The van der Waals surface area contributed by atoms with E-state index < -0.39 is 0 Å². The van der Waals surface area contributed by atoms with Crippen molar-refractivity contribution in [2.45, 2.75) is 64.1 Å². The fourth-order valence-corrected chi connectivity index (χ4v) is 2.75. The molecule has 0 bridgehead atoms. The molecular formula is C17H26N2O2. The quantitative estimate of drug-likeness (QED) is 0.748. The molecule has 1 unspecified atom stereocenters. The number of nitrogens with zero attached hydrogens (tertiary/aromatic N) is 1. The predicted octanol–water partition coefficient (Wildman–Crippen LogP) is 2.98. The lowest BCUT2D eigenvalue weighted by atomic mass is 10.1. The monoisotopic (exact) mass is 290 g/mol. The van der Waals surface area contributed by atoms with Crippen molar-refractivity contribution in [2.75, 3.05) is 13.2 Å².